The fraction of sp³-hybridized carbons (Fsp3) is 0.241. The quantitative estimate of drug-likeness (QED) is 0.138. The highest BCUT2D eigenvalue weighted by Gasteiger charge is 2.24. The summed E-state index contributed by atoms with van der Waals surface area (Å²) < 4.78 is 9.39. The van der Waals surface area contributed by atoms with Gasteiger partial charge in [0.2, 0.25) is 5.43 Å². The Balaban J connectivity index is 0.000000249. The lowest BCUT2D eigenvalue weighted by molar-refractivity contribution is 0.0817. The number of carbonyl (C=O) groups excluding carboxylic acids is 2. The molecule has 0 aliphatic heterocycles. The van der Waals surface area contributed by atoms with Crippen LogP contribution in [0.5, 0.6) is 23.0 Å². The average Bonchev–Trinajstić information content (AvgIpc) is 2.98. The van der Waals surface area contributed by atoms with Gasteiger partial charge >= 0.3 is 0 Å². The molecular formula is C29H32N4O10. The number of phenols is 2. The third-order valence-electron chi connectivity index (χ3n) is 6.00. The van der Waals surface area contributed by atoms with Crippen molar-refractivity contribution in [1.82, 2.24) is 9.80 Å². The van der Waals surface area contributed by atoms with Crippen molar-refractivity contribution >= 4 is 28.9 Å². The van der Waals surface area contributed by atoms with Crippen molar-refractivity contribution in [1.29, 1.82) is 0 Å². The molecule has 0 unspecified atom stereocenters. The number of hydrogen-bond donors (Lipinski definition) is 4. The third kappa shape index (κ3) is 6.98. The van der Waals surface area contributed by atoms with Crippen LogP contribution in [0.25, 0.3) is 0 Å². The molecule has 0 saturated carbocycles. The maximum atomic E-state index is 11.9. The molecule has 0 atom stereocenters. The lowest BCUT2D eigenvalue weighted by atomic mass is 10.1. The van der Waals surface area contributed by atoms with Crippen LogP contribution in [-0.4, -0.2) is 74.2 Å². The zero-order valence-electron chi connectivity index (χ0n) is 24.6. The van der Waals surface area contributed by atoms with Gasteiger partial charge in [-0.25, -0.2) is 0 Å². The molecule has 5 N–H and O–H groups in total. The van der Waals surface area contributed by atoms with Crippen LogP contribution in [0.4, 0.5) is 17.1 Å². The lowest BCUT2D eigenvalue weighted by Crippen LogP contribution is -2.34. The second-order valence-electron chi connectivity index (χ2n) is 9.35. The van der Waals surface area contributed by atoms with E-state index in [9.17, 15) is 39.0 Å². The Morgan fingerprint density at radius 1 is 0.721 bits per heavy atom. The zero-order chi connectivity index (χ0) is 32.8. The van der Waals surface area contributed by atoms with Gasteiger partial charge in [-0.05, 0) is 31.2 Å². The maximum absolute atomic E-state index is 11.9. The first-order valence-corrected chi connectivity index (χ1v) is 12.4. The van der Waals surface area contributed by atoms with Crippen LogP contribution >= 0.6 is 0 Å². The number of benzene rings is 2. The number of aromatic hydroxyl groups is 2. The Bertz CT molecular complexity index is 1790. The molecule has 0 aromatic heterocycles. The third-order valence-corrected chi connectivity index (χ3v) is 6.00. The fourth-order valence-corrected chi connectivity index (χ4v) is 3.58. The van der Waals surface area contributed by atoms with E-state index in [1.54, 1.807) is 53.3 Å². The van der Waals surface area contributed by atoms with Crippen LogP contribution in [0.3, 0.4) is 0 Å². The van der Waals surface area contributed by atoms with Crippen molar-refractivity contribution in [2.24, 2.45) is 0 Å². The maximum Gasteiger partial charge on any atom is 0.272 e. The van der Waals surface area contributed by atoms with E-state index in [-0.39, 0.29) is 63.0 Å². The number of anilines is 3. The first-order valence-electron chi connectivity index (χ1n) is 12.4. The number of hydrogen-bond acceptors (Lipinski definition) is 12. The molecule has 0 aliphatic carbocycles. The van der Waals surface area contributed by atoms with Crippen LogP contribution in [0.1, 0.15) is 26.3 Å². The predicted octanol–water partition coefficient (Wildman–Crippen LogP) is 0.718. The molecule has 228 valence electrons. The van der Waals surface area contributed by atoms with E-state index in [0.29, 0.717) is 5.56 Å². The summed E-state index contributed by atoms with van der Waals surface area (Å²) in [6.45, 7) is 1.57. The summed E-state index contributed by atoms with van der Waals surface area (Å²) in [7, 11) is 9.00. The Morgan fingerprint density at radius 3 is 1.63 bits per heavy atom. The largest absolute Gasteiger partial charge is 0.505 e. The van der Waals surface area contributed by atoms with Gasteiger partial charge in [-0.2, -0.15) is 0 Å². The SMILES string of the molecule is CN(C)C(=O)c1cccc(N)c1O.COc1c(C)c(=O)c1=O.COc1c(Nc2cccc(C(=O)N(C)C)c2O)c(=O)c1=O. The Labute approximate surface area is 245 Å². The lowest BCUT2D eigenvalue weighted by Gasteiger charge is -2.16. The van der Waals surface area contributed by atoms with Crippen molar-refractivity contribution < 1.29 is 29.3 Å². The monoisotopic (exact) mass is 596 g/mol. The highest BCUT2D eigenvalue weighted by molar-refractivity contribution is 5.99. The smallest absolute Gasteiger partial charge is 0.272 e. The van der Waals surface area contributed by atoms with Crippen LogP contribution < -0.4 is 42.2 Å². The molecule has 4 aromatic rings. The van der Waals surface area contributed by atoms with E-state index < -0.39 is 21.7 Å². The van der Waals surface area contributed by atoms with Crippen LogP contribution in [-0.2, 0) is 0 Å². The number of carbonyl (C=O) groups is 2. The molecule has 0 spiro atoms. The molecule has 4 aromatic carbocycles. The molecule has 0 bridgehead atoms. The molecule has 0 heterocycles. The minimum atomic E-state index is -0.726. The summed E-state index contributed by atoms with van der Waals surface area (Å²) >= 11 is 0. The van der Waals surface area contributed by atoms with E-state index in [2.05, 4.69) is 10.1 Å². The number of ether oxygens (including phenoxy) is 2. The summed E-state index contributed by atoms with van der Waals surface area (Å²) in [5.41, 5.74) is 4.13. The standard InChI is InChI=1S/C14H14N2O5.C9H12N2O2.C6H6O3/c1-16(2)14(20)7-5-4-6-8(10(7)17)15-9-11(18)12(19)13(9)21-3;1-11(2)9(13)6-4-3-5-7(10)8(6)12;1-3-4(7)5(8)6(3)9-2/h4-6,15,17H,1-3H3;3-5,12H,10H2,1-2H3;1-2H3. The van der Waals surface area contributed by atoms with Crippen LogP contribution in [0.15, 0.2) is 55.6 Å². The first kappa shape index (κ1) is 33.5. The summed E-state index contributed by atoms with van der Waals surface area (Å²) in [6, 6.07) is 9.21. The molecule has 14 heteroatoms. The van der Waals surface area contributed by atoms with Gasteiger partial charge < -0.3 is 40.5 Å². The molecule has 2 amide bonds. The number of nitrogens with one attached hydrogen (secondary N) is 1. The number of methoxy groups -OCH3 is 2. The highest BCUT2D eigenvalue weighted by atomic mass is 16.5. The first-order chi connectivity index (χ1) is 20.1. The Morgan fingerprint density at radius 2 is 1.19 bits per heavy atom. The topological polar surface area (TPSA) is 206 Å². The van der Waals surface area contributed by atoms with Crippen LogP contribution in [0.2, 0.25) is 0 Å². The number of amides is 2. The van der Waals surface area contributed by atoms with Gasteiger partial charge in [0.25, 0.3) is 28.1 Å². The molecular weight excluding hydrogens is 564 g/mol. The van der Waals surface area contributed by atoms with E-state index in [4.69, 9.17) is 10.5 Å². The van der Waals surface area contributed by atoms with Gasteiger partial charge in [-0.15, -0.1) is 0 Å². The molecule has 14 nitrogen and oxygen atoms in total. The zero-order valence-corrected chi connectivity index (χ0v) is 24.6. The van der Waals surface area contributed by atoms with Gasteiger partial charge in [-0.3, -0.25) is 28.8 Å². The van der Waals surface area contributed by atoms with Gasteiger partial charge in [0.05, 0.1) is 36.7 Å². The van der Waals surface area contributed by atoms with Gasteiger partial charge in [0, 0.05) is 33.8 Å². The number of nitrogens with zero attached hydrogens (tertiary/aromatic N) is 2. The van der Waals surface area contributed by atoms with E-state index >= 15 is 0 Å². The minimum Gasteiger partial charge on any atom is -0.505 e. The normalized spacial score (nSPS) is 10.1. The van der Waals surface area contributed by atoms with E-state index in [1.165, 1.54) is 42.2 Å². The van der Waals surface area contributed by atoms with Crippen molar-refractivity contribution in [2.45, 2.75) is 6.92 Å². The molecule has 0 fully saturated rings. The van der Waals surface area contributed by atoms with Gasteiger partial charge in [-0.1, -0.05) is 12.1 Å². The van der Waals surface area contributed by atoms with Crippen molar-refractivity contribution in [3.8, 4) is 23.0 Å². The van der Waals surface area contributed by atoms with Gasteiger partial charge in [0.15, 0.2) is 23.0 Å². The van der Waals surface area contributed by atoms with Crippen molar-refractivity contribution in [2.75, 3.05) is 53.5 Å². The predicted molar refractivity (Wildman–Crippen MR) is 160 cm³/mol. The second kappa shape index (κ2) is 13.8. The number of phenolic OH excluding ortho intramolecular Hbond substituents is 2. The molecule has 0 aliphatic rings. The number of rotatable bonds is 6. The number of nitrogens with two attached hydrogens (primary N) is 1. The summed E-state index contributed by atoms with van der Waals surface area (Å²) in [4.78, 5) is 69.7. The van der Waals surface area contributed by atoms with Crippen LogP contribution in [0, 0.1) is 6.92 Å². The fourth-order valence-electron chi connectivity index (χ4n) is 3.58. The summed E-state index contributed by atoms with van der Waals surface area (Å²) in [5, 5.41) is 22.2. The van der Waals surface area contributed by atoms with Gasteiger partial charge in [0.1, 0.15) is 5.69 Å². The van der Waals surface area contributed by atoms with Crippen molar-refractivity contribution in [3.05, 3.63) is 94.0 Å². The number of para-hydroxylation sites is 2. The minimum absolute atomic E-state index is 0.0350. The molecule has 4 rings (SSSR count). The number of nitrogen functional groups attached to an aromatic ring is 1. The second-order valence-corrected chi connectivity index (χ2v) is 9.35. The molecule has 0 radical (unpaired) electrons. The Kier molecular flexibility index (Phi) is 10.8. The van der Waals surface area contributed by atoms with E-state index in [0.717, 1.165) is 0 Å². The highest BCUT2D eigenvalue weighted by Crippen LogP contribution is 2.32. The average molecular weight is 597 g/mol. The Hall–Kier alpha value is -5.66. The summed E-state index contributed by atoms with van der Waals surface area (Å²) in [5.74, 6) is -0.978. The van der Waals surface area contributed by atoms with Crippen molar-refractivity contribution in [3.63, 3.8) is 0 Å². The van der Waals surface area contributed by atoms with E-state index in [1.807, 2.05) is 0 Å². The molecule has 43 heavy (non-hydrogen) atoms. The summed E-state index contributed by atoms with van der Waals surface area (Å²) in [6.07, 6.45) is 0. The molecule has 0 saturated heterocycles.